The predicted molar refractivity (Wildman–Crippen MR) is 137 cm³/mol. The number of rotatable bonds is 4. The summed E-state index contributed by atoms with van der Waals surface area (Å²) in [4.78, 5) is 12.5. The van der Waals surface area contributed by atoms with Crippen LogP contribution in [-0.2, 0) is 20.4 Å². The van der Waals surface area contributed by atoms with Crippen molar-refractivity contribution in [3.63, 3.8) is 0 Å². The van der Waals surface area contributed by atoms with Gasteiger partial charge >= 0.3 is 5.97 Å². The minimum absolute atomic E-state index is 0.00573. The summed E-state index contributed by atoms with van der Waals surface area (Å²) >= 11 is 3.31. The molecule has 0 radical (unpaired) electrons. The van der Waals surface area contributed by atoms with Gasteiger partial charge in [0.1, 0.15) is 11.4 Å². The van der Waals surface area contributed by atoms with Gasteiger partial charge in [-0.15, -0.1) is 0 Å². The molecule has 1 aromatic rings. The second-order valence-corrected chi connectivity index (χ2v) is 17.7. The first-order valence-electron chi connectivity index (χ1n) is 12.4. The topological polar surface area (TPSA) is 35.5 Å². The van der Waals surface area contributed by atoms with Crippen LogP contribution in [0.3, 0.4) is 0 Å². The molecular formula is C27H41BrO3Si. The van der Waals surface area contributed by atoms with Crippen LogP contribution in [0, 0.1) is 24.2 Å². The number of benzene rings is 1. The molecule has 4 rings (SSSR count). The lowest BCUT2D eigenvalue weighted by Crippen LogP contribution is -2.50. The smallest absolute Gasteiger partial charge is 0.316 e. The van der Waals surface area contributed by atoms with Crippen LogP contribution < -0.4 is 0 Å². The Morgan fingerprint density at radius 2 is 1.97 bits per heavy atom. The maximum absolute atomic E-state index is 12.5. The van der Waals surface area contributed by atoms with E-state index in [1.165, 1.54) is 24.8 Å². The van der Waals surface area contributed by atoms with Crippen LogP contribution in [-0.4, -0.2) is 31.8 Å². The molecule has 0 aromatic heterocycles. The number of carbonyl (C=O) groups excluding carboxylic acids is 1. The molecule has 3 unspecified atom stereocenters. The van der Waals surface area contributed by atoms with Gasteiger partial charge in [0.15, 0.2) is 8.32 Å². The van der Waals surface area contributed by atoms with Crippen molar-refractivity contribution in [2.45, 2.75) is 103 Å². The van der Waals surface area contributed by atoms with Gasteiger partial charge in [-0.1, -0.05) is 67.4 Å². The zero-order chi connectivity index (χ0) is 23.5. The predicted octanol–water partition coefficient (Wildman–Crippen LogP) is 7.16. The molecule has 0 amide bonds. The van der Waals surface area contributed by atoms with Crippen LogP contribution in [0.4, 0.5) is 0 Å². The van der Waals surface area contributed by atoms with E-state index in [9.17, 15) is 4.79 Å². The Hall–Kier alpha value is -0.653. The molecule has 0 spiro atoms. The van der Waals surface area contributed by atoms with Gasteiger partial charge in [0, 0.05) is 5.41 Å². The van der Waals surface area contributed by atoms with Gasteiger partial charge in [-0.3, -0.25) is 4.79 Å². The van der Waals surface area contributed by atoms with Gasteiger partial charge in [-0.25, -0.2) is 0 Å². The molecule has 2 fully saturated rings. The third kappa shape index (κ3) is 4.15. The van der Waals surface area contributed by atoms with E-state index in [0.717, 1.165) is 12.8 Å². The third-order valence-electron chi connectivity index (χ3n) is 9.41. The summed E-state index contributed by atoms with van der Waals surface area (Å²) in [6.45, 7) is 16.1. The van der Waals surface area contributed by atoms with Gasteiger partial charge in [-0.2, -0.15) is 0 Å². The molecule has 0 N–H and O–H groups in total. The quantitative estimate of drug-likeness (QED) is 0.240. The van der Waals surface area contributed by atoms with Crippen molar-refractivity contribution >= 4 is 30.2 Å². The molecule has 0 heterocycles. The number of halogens is 1. The molecule has 6 atom stereocenters. The molecular weight excluding hydrogens is 480 g/mol. The zero-order valence-corrected chi connectivity index (χ0v) is 23.6. The van der Waals surface area contributed by atoms with Crippen molar-refractivity contribution in [3.8, 4) is 0 Å². The first-order valence-corrected chi connectivity index (χ1v) is 16.4. The average Bonchev–Trinajstić information content (AvgIpc) is 2.97. The summed E-state index contributed by atoms with van der Waals surface area (Å²) in [6, 6.07) is 7.08. The molecule has 5 heteroatoms. The van der Waals surface area contributed by atoms with Crippen molar-refractivity contribution in [1.82, 2.24) is 0 Å². The van der Waals surface area contributed by atoms with Gasteiger partial charge in [0.2, 0.25) is 0 Å². The third-order valence-corrected chi connectivity index (χ3v) is 14.4. The Balaban J connectivity index is 1.66. The van der Waals surface area contributed by atoms with E-state index in [1.54, 1.807) is 11.1 Å². The van der Waals surface area contributed by atoms with Crippen LogP contribution in [0.25, 0.3) is 0 Å². The van der Waals surface area contributed by atoms with Gasteiger partial charge in [-0.05, 0) is 86.0 Å². The largest absolute Gasteiger partial charge is 0.458 e. The Kier molecular flexibility index (Phi) is 6.52. The maximum Gasteiger partial charge on any atom is 0.316 e. The van der Waals surface area contributed by atoms with Crippen molar-refractivity contribution < 1.29 is 14.0 Å². The van der Waals surface area contributed by atoms with E-state index in [0.29, 0.717) is 17.8 Å². The van der Waals surface area contributed by atoms with Crippen LogP contribution >= 0.6 is 15.9 Å². The number of esters is 1. The number of hydrogen-bond donors (Lipinski definition) is 0. The SMILES string of the molecule is Cc1ccc2c(c1)CCC1C2CC[C@@]2(C)C1C[C@@H](O[Si](C)(C)C(C)(C)C)[C@@H]2OC(=O)CBr. The van der Waals surface area contributed by atoms with Crippen LogP contribution in [0.1, 0.15) is 76.0 Å². The average molecular weight is 522 g/mol. The molecule has 3 aliphatic rings. The molecule has 0 aliphatic heterocycles. The molecule has 0 saturated heterocycles. The van der Waals surface area contributed by atoms with E-state index in [1.807, 2.05) is 0 Å². The summed E-state index contributed by atoms with van der Waals surface area (Å²) in [7, 11) is -1.98. The highest BCUT2D eigenvalue weighted by Crippen LogP contribution is 2.62. The summed E-state index contributed by atoms with van der Waals surface area (Å²) in [5.41, 5.74) is 4.50. The number of carbonyl (C=O) groups is 1. The first-order chi connectivity index (χ1) is 14.9. The van der Waals surface area contributed by atoms with Gasteiger partial charge in [0.25, 0.3) is 0 Å². The lowest BCUT2D eigenvalue weighted by molar-refractivity contribution is -0.159. The normalized spacial score (nSPS) is 34.4. The Labute approximate surface area is 204 Å². The van der Waals surface area contributed by atoms with Gasteiger partial charge < -0.3 is 9.16 Å². The fourth-order valence-electron chi connectivity index (χ4n) is 6.70. The van der Waals surface area contributed by atoms with Crippen LogP contribution in [0.5, 0.6) is 0 Å². The van der Waals surface area contributed by atoms with E-state index in [2.05, 4.69) is 81.8 Å². The minimum Gasteiger partial charge on any atom is -0.458 e. The molecule has 32 heavy (non-hydrogen) atoms. The summed E-state index contributed by atoms with van der Waals surface area (Å²) < 4.78 is 13.2. The fraction of sp³-hybridized carbons (Fsp3) is 0.741. The van der Waals surface area contributed by atoms with E-state index in [4.69, 9.17) is 9.16 Å². The van der Waals surface area contributed by atoms with Gasteiger partial charge in [0.05, 0.1) is 6.10 Å². The maximum atomic E-state index is 12.5. The van der Waals surface area contributed by atoms with Crippen molar-refractivity contribution in [2.24, 2.45) is 17.3 Å². The second kappa shape index (κ2) is 8.53. The lowest BCUT2D eigenvalue weighted by Gasteiger charge is -2.50. The van der Waals surface area contributed by atoms with Crippen LogP contribution in [0.2, 0.25) is 18.1 Å². The Morgan fingerprint density at radius 3 is 2.62 bits per heavy atom. The summed E-state index contributed by atoms with van der Waals surface area (Å²) in [6.07, 6.45) is 5.58. The van der Waals surface area contributed by atoms with Crippen LogP contribution in [0.15, 0.2) is 18.2 Å². The van der Waals surface area contributed by atoms with E-state index in [-0.39, 0.29) is 34.0 Å². The van der Waals surface area contributed by atoms with Crippen molar-refractivity contribution in [3.05, 3.63) is 34.9 Å². The molecule has 3 aliphatic carbocycles. The number of hydrogen-bond acceptors (Lipinski definition) is 3. The number of ether oxygens (including phenoxy) is 1. The summed E-state index contributed by atoms with van der Waals surface area (Å²) in [5.74, 6) is 1.67. The van der Waals surface area contributed by atoms with E-state index >= 15 is 0 Å². The number of alkyl halides is 1. The summed E-state index contributed by atoms with van der Waals surface area (Å²) in [5, 5.41) is 0.381. The Morgan fingerprint density at radius 1 is 1.25 bits per heavy atom. The fourth-order valence-corrected chi connectivity index (χ4v) is 8.17. The molecule has 0 bridgehead atoms. The second-order valence-electron chi connectivity index (χ2n) is 12.4. The molecule has 2 saturated carbocycles. The standard InChI is InChI=1S/C27H41BrO3Si/c1-17-8-10-19-18(14-17)9-11-21-20(19)12-13-27(5)22(21)15-23(25(27)30-24(29)16-28)31-32(6,7)26(2,3)4/h8,10,14,20-23,25H,9,11-13,15-16H2,1-7H3/t20?,21?,22?,23-,25+,27+/m1/s1. The minimum atomic E-state index is -1.98. The highest BCUT2D eigenvalue weighted by Gasteiger charge is 2.61. The Bertz CT molecular complexity index is 876. The number of fused-ring (bicyclic) bond motifs is 5. The highest BCUT2D eigenvalue weighted by atomic mass is 79.9. The zero-order valence-electron chi connectivity index (χ0n) is 21.0. The monoisotopic (exact) mass is 520 g/mol. The molecule has 3 nitrogen and oxygen atoms in total. The van der Waals surface area contributed by atoms with Crippen molar-refractivity contribution in [2.75, 3.05) is 5.33 Å². The number of aryl methyl sites for hydroxylation is 2. The molecule has 178 valence electrons. The van der Waals surface area contributed by atoms with E-state index < -0.39 is 8.32 Å². The first kappa shape index (κ1) is 24.5. The lowest BCUT2D eigenvalue weighted by atomic mass is 9.55. The highest BCUT2D eigenvalue weighted by molar-refractivity contribution is 9.09. The van der Waals surface area contributed by atoms with Crippen molar-refractivity contribution in [1.29, 1.82) is 0 Å². The molecule has 1 aromatic carbocycles.